The highest BCUT2D eigenvalue weighted by Crippen LogP contribution is 2.10. The van der Waals surface area contributed by atoms with Crippen LogP contribution in [0.25, 0.3) is 0 Å². The molecule has 31 heavy (non-hydrogen) atoms. The third-order valence-corrected chi connectivity index (χ3v) is 5.55. The zero-order valence-electron chi connectivity index (χ0n) is 18.9. The summed E-state index contributed by atoms with van der Waals surface area (Å²) in [5.74, 6) is 2.61. The molecule has 0 unspecified atom stereocenters. The highest BCUT2D eigenvalue weighted by atomic mass is 127. The van der Waals surface area contributed by atoms with Gasteiger partial charge in [-0.25, -0.2) is 4.99 Å². The summed E-state index contributed by atoms with van der Waals surface area (Å²) in [5.41, 5.74) is 2.61. The van der Waals surface area contributed by atoms with Gasteiger partial charge in [0.2, 0.25) is 0 Å². The summed E-state index contributed by atoms with van der Waals surface area (Å²) in [7, 11) is 1.98. The second-order valence-electron chi connectivity index (χ2n) is 7.60. The van der Waals surface area contributed by atoms with Crippen molar-refractivity contribution >= 4 is 29.9 Å². The van der Waals surface area contributed by atoms with Gasteiger partial charge in [0.05, 0.1) is 26.3 Å². The molecular weight excluding hydrogens is 505 g/mol. The maximum atomic E-state index is 5.42. The number of morpholine rings is 1. The van der Waals surface area contributed by atoms with Crippen LogP contribution in [0.5, 0.6) is 0 Å². The van der Waals surface area contributed by atoms with E-state index >= 15 is 0 Å². The summed E-state index contributed by atoms with van der Waals surface area (Å²) in [6, 6.07) is 8.50. The van der Waals surface area contributed by atoms with Gasteiger partial charge >= 0.3 is 0 Å². The SMILES string of the molecule is CCc1ccccc1CN=C(NCCCN1CCOCC1)NCc1nnc(C)n1C.I. The Balaban J connectivity index is 0.00000341. The minimum absolute atomic E-state index is 0. The summed E-state index contributed by atoms with van der Waals surface area (Å²) >= 11 is 0. The highest BCUT2D eigenvalue weighted by Gasteiger charge is 2.10. The molecule has 9 heteroatoms. The molecule has 1 aromatic heterocycles. The van der Waals surface area contributed by atoms with Gasteiger partial charge in [0.25, 0.3) is 0 Å². The molecule has 1 saturated heterocycles. The van der Waals surface area contributed by atoms with Crippen molar-refractivity contribution < 1.29 is 4.74 Å². The van der Waals surface area contributed by atoms with Crippen LogP contribution in [-0.4, -0.2) is 65.0 Å². The number of aliphatic imine (C=N–C) groups is 1. The van der Waals surface area contributed by atoms with E-state index in [9.17, 15) is 0 Å². The highest BCUT2D eigenvalue weighted by molar-refractivity contribution is 14.0. The van der Waals surface area contributed by atoms with Crippen molar-refractivity contribution in [1.29, 1.82) is 0 Å². The Morgan fingerprint density at radius 2 is 1.87 bits per heavy atom. The molecule has 0 amide bonds. The van der Waals surface area contributed by atoms with Gasteiger partial charge in [0, 0.05) is 26.7 Å². The Morgan fingerprint density at radius 1 is 1.13 bits per heavy atom. The van der Waals surface area contributed by atoms with Crippen molar-refractivity contribution in [1.82, 2.24) is 30.3 Å². The van der Waals surface area contributed by atoms with E-state index in [0.717, 1.165) is 69.8 Å². The first-order valence-corrected chi connectivity index (χ1v) is 10.9. The van der Waals surface area contributed by atoms with E-state index in [2.05, 4.69) is 56.9 Å². The zero-order chi connectivity index (χ0) is 21.2. The Hall–Kier alpha value is -1.72. The fourth-order valence-corrected chi connectivity index (χ4v) is 3.50. The van der Waals surface area contributed by atoms with Gasteiger partial charge in [0.1, 0.15) is 5.82 Å². The fraction of sp³-hybridized carbons (Fsp3) is 0.591. The Bertz CT molecular complexity index is 818. The van der Waals surface area contributed by atoms with Gasteiger partial charge in [-0.05, 0) is 37.4 Å². The van der Waals surface area contributed by atoms with Gasteiger partial charge in [-0.3, -0.25) is 4.90 Å². The van der Waals surface area contributed by atoms with Crippen LogP contribution in [0.3, 0.4) is 0 Å². The summed E-state index contributed by atoms with van der Waals surface area (Å²) in [5, 5.41) is 15.3. The lowest BCUT2D eigenvalue weighted by atomic mass is 10.1. The predicted molar refractivity (Wildman–Crippen MR) is 135 cm³/mol. The molecule has 0 aliphatic carbocycles. The number of benzene rings is 1. The molecule has 1 aromatic carbocycles. The third-order valence-electron chi connectivity index (χ3n) is 5.55. The predicted octanol–water partition coefficient (Wildman–Crippen LogP) is 2.26. The van der Waals surface area contributed by atoms with Crippen molar-refractivity contribution in [2.24, 2.45) is 12.0 Å². The van der Waals surface area contributed by atoms with Crippen molar-refractivity contribution in [3.8, 4) is 0 Å². The normalized spacial score (nSPS) is 14.9. The van der Waals surface area contributed by atoms with E-state index in [-0.39, 0.29) is 24.0 Å². The molecule has 172 valence electrons. The van der Waals surface area contributed by atoms with Crippen LogP contribution in [-0.2, 0) is 31.3 Å². The fourth-order valence-electron chi connectivity index (χ4n) is 3.50. The Morgan fingerprint density at radius 3 is 2.55 bits per heavy atom. The lowest BCUT2D eigenvalue weighted by Crippen LogP contribution is -2.40. The second-order valence-corrected chi connectivity index (χ2v) is 7.60. The molecule has 3 rings (SSSR count). The Labute approximate surface area is 202 Å². The molecule has 0 atom stereocenters. The first-order chi connectivity index (χ1) is 14.7. The molecular formula is C22H36IN7O. The lowest BCUT2D eigenvalue weighted by molar-refractivity contribution is 0.0376. The van der Waals surface area contributed by atoms with E-state index in [1.807, 2.05) is 18.5 Å². The van der Waals surface area contributed by atoms with E-state index in [1.54, 1.807) is 0 Å². The number of guanidine groups is 1. The number of rotatable bonds is 9. The molecule has 0 spiro atoms. The quantitative estimate of drug-likeness (QED) is 0.220. The summed E-state index contributed by atoms with van der Waals surface area (Å²) in [6.07, 6.45) is 2.08. The molecule has 2 heterocycles. The van der Waals surface area contributed by atoms with Gasteiger partial charge < -0.3 is 19.9 Å². The number of ether oxygens (including phenoxy) is 1. The van der Waals surface area contributed by atoms with Crippen molar-refractivity contribution in [2.75, 3.05) is 39.4 Å². The van der Waals surface area contributed by atoms with E-state index in [0.29, 0.717) is 13.1 Å². The summed E-state index contributed by atoms with van der Waals surface area (Å²) in [6.45, 7) is 11.1. The Kier molecular flexibility index (Phi) is 11.2. The van der Waals surface area contributed by atoms with Gasteiger partial charge in [-0.2, -0.15) is 0 Å². The van der Waals surface area contributed by atoms with Crippen LogP contribution < -0.4 is 10.6 Å². The van der Waals surface area contributed by atoms with E-state index in [1.165, 1.54) is 11.1 Å². The van der Waals surface area contributed by atoms with Crippen molar-refractivity contribution in [3.63, 3.8) is 0 Å². The number of nitrogens with one attached hydrogen (secondary N) is 2. The minimum atomic E-state index is 0. The monoisotopic (exact) mass is 541 g/mol. The average Bonchev–Trinajstić information content (AvgIpc) is 3.11. The maximum Gasteiger partial charge on any atom is 0.191 e. The topological polar surface area (TPSA) is 79.6 Å². The van der Waals surface area contributed by atoms with Crippen LogP contribution in [0.4, 0.5) is 0 Å². The van der Waals surface area contributed by atoms with Crippen LogP contribution in [0.15, 0.2) is 29.3 Å². The molecule has 0 saturated carbocycles. The minimum Gasteiger partial charge on any atom is -0.379 e. The molecule has 2 aromatic rings. The molecule has 1 fully saturated rings. The van der Waals surface area contributed by atoms with Gasteiger partial charge in [-0.15, -0.1) is 34.2 Å². The van der Waals surface area contributed by atoms with Crippen molar-refractivity contribution in [3.05, 3.63) is 47.0 Å². The standard InChI is InChI=1S/C22H35N7O.HI/c1-4-19-8-5-6-9-20(19)16-24-22(25-17-21-27-26-18(2)28(21)3)23-10-7-11-29-12-14-30-15-13-29;/h5-6,8-9H,4,7,10-17H2,1-3H3,(H2,23,24,25);1H. The number of halogens is 1. The summed E-state index contributed by atoms with van der Waals surface area (Å²) < 4.78 is 7.42. The van der Waals surface area contributed by atoms with E-state index in [4.69, 9.17) is 9.73 Å². The van der Waals surface area contributed by atoms with Crippen molar-refractivity contribution in [2.45, 2.75) is 39.8 Å². The molecule has 1 aliphatic heterocycles. The number of hydrogen-bond donors (Lipinski definition) is 2. The average molecular weight is 541 g/mol. The molecule has 0 radical (unpaired) electrons. The second kappa shape index (κ2) is 13.6. The van der Waals surface area contributed by atoms with Crippen LogP contribution >= 0.6 is 24.0 Å². The van der Waals surface area contributed by atoms with Gasteiger partial charge in [0.15, 0.2) is 11.8 Å². The molecule has 0 bridgehead atoms. The molecule has 8 nitrogen and oxygen atoms in total. The smallest absolute Gasteiger partial charge is 0.191 e. The van der Waals surface area contributed by atoms with Crippen LogP contribution in [0.2, 0.25) is 0 Å². The number of hydrogen-bond acceptors (Lipinski definition) is 5. The van der Waals surface area contributed by atoms with Crippen LogP contribution in [0.1, 0.15) is 36.1 Å². The maximum absolute atomic E-state index is 5.42. The number of nitrogens with zero attached hydrogens (tertiary/aromatic N) is 5. The lowest BCUT2D eigenvalue weighted by Gasteiger charge is -2.26. The number of aromatic nitrogens is 3. The first-order valence-electron chi connectivity index (χ1n) is 10.9. The summed E-state index contributed by atoms with van der Waals surface area (Å²) in [4.78, 5) is 7.30. The number of aryl methyl sites for hydroxylation is 2. The zero-order valence-corrected chi connectivity index (χ0v) is 21.3. The van der Waals surface area contributed by atoms with E-state index < -0.39 is 0 Å². The molecule has 1 aliphatic rings. The van der Waals surface area contributed by atoms with Gasteiger partial charge in [-0.1, -0.05) is 31.2 Å². The molecule has 2 N–H and O–H groups in total. The first kappa shape index (κ1) is 25.5. The van der Waals surface area contributed by atoms with Crippen LogP contribution in [0, 0.1) is 6.92 Å². The largest absolute Gasteiger partial charge is 0.379 e. The third kappa shape index (κ3) is 8.04.